The molecule has 2 aliphatic rings. The molecule has 2 unspecified atom stereocenters. The molecule has 1 aliphatic heterocycles. The summed E-state index contributed by atoms with van der Waals surface area (Å²) in [7, 11) is 0. The predicted molar refractivity (Wildman–Crippen MR) is 231 cm³/mol. The molecule has 1 aromatic heterocycles. The van der Waals surface area contributed by atoms with E-state index in [0.717, 1.165) is 55.8 Å². The van der Waals surface area contributed by atoms with Crippen molar-refractivity contribution < 1.29 is 4.74 Å². The molecule has 0 bridgehead atoms. The average molecular weight is 730 g/mol. The van der Waals surface area contributed by atoms with E-state index in [9.17, 15) is 0 Å². The third kappa shape index (κ3) is 5.90. The van der Waals surface area contributed by atoms with E-state index in [2.05, 4.69) is 182 Å². The zero-order valence-electron chi connectivity index (χ0n) is 31.0. The number of benzene rings is 8. The summed E-state index contributed by atoms with van der Waals surface area (Å²) >= 11 is 0. The molecule has 0 spiro atoms. The van der Waals surface area contributed by atoms with E-state index in [-0.39, 0.29) is 12.0 Å². The average Bonchev–Trinajstić information content (AvgIpc) is 3.68. The molecule has 0 fully saturated rings. The van der Waals surface area contributed by atoms with Crippen LogP contribution in [0.15, 0.2) is 194 Å². The Morgan fingerprint density at radius 1 is 0.386 bits per heavy atom. The zero-order valence-corrected chi connectivity index (χ0v) is 31.0. The van der Waals surface area contributed by atoms with Crippen LogP contribution < -0.4 is 4.74 Å². The summed E-state index contributed by atoms with van der Waals surface area (Å²) in [5.41, 5.74) is 13.3. The molecule has 268 valence electrons. The fraction of sp³-hybridized carbons (Fsp3) is 0.0377. The van der Waals surface area contributed by atoms with E-state index in [1.54, 1.807) is 0 Å². The van der Waals surface area contributed by atoms with E-state index in [1.165, 1.54) is 27.5 Å². The molecular formula is C53H35N3O. The van der Waals surface area contributed by atoms with Crippen LogP contribution in [0.5, 0.6) is 5.75 Å². The third-order valence-electron chi connectivity index (χ3n) is 11.3. The molecule has 0 saturated carbocycles. The molecule has 2 heterocycles. The van der Waals surface area contributed by atoms with Gasteiger partial charge in [-0.25, -0.2) is 15.0 Å². The first-order chi connectivity index (χ1) is 28.2. The molecule has 11 rings (SSSR count). The zero-order chi connectivity index (χ0) is 37.7. The minimum atomic E-state index is -0.220. The van der Waals surface area contributed by atoms with Crippen molar-refractivity contribution in [1.29, 1.82) is 0 Å². The van der Waals surface area contributed by atoms with Crippen molar-refractivity contribution in [2.24, 2.45) is 0 Å². The normalized spacial score (nSPS) is 15.3. The van der Waals surface area contributed by atoms with Crippen LogP contribution in [0, 0.1) is 0 Å². The number of fused-ring (bicyclic) bond motifs is 6. The number of hydrogen-bond acceptors (Lipinski definition) is 4. The van der Waals surface area contributed by atoms with Crippen molar-refractivity contribution in [2.75, 3.05) is 0 Å². The fourth-order valence-electron chi connectivity index (χ4n) is 8.51. The highest BCUT2D eigenvalue weighted by Crippen LogP contribution is 2.56. The third-order valence-corrected chi connectivity index (χ3v) is 11.3. The summed E-state index contributed by atoms with van der Waals surface area (Å²) in [5, 5.41) is 2.45. The smallest absolute Gasteiger partial charge is 0.164 e. The van der Waals surface area contributed by atoms with Crippen LogP contribution in [0.25, 0.3) is 78.6 Å². The maximum absolute atomic E-state index is 6.97. The van der Waals surface area contributed by atoms with Gasteiger partial charge < -0.3 is 4.74 Å². The molecule has 0 saturated heterocycles. The van der Waals surface area contributed by atoms with Gasteiger partial charge in [-0.05, 0) is 67.9 Å². The number of hydrogen-bond donors (Lipinski definition) is 0. The highest BCUT2D eigenvalue weighted by molar-refractivity contribution is 5.97. The summed E-state index contributed by atoms with van der Waals surface area (Å²) in [4.78, 5) is 15.6. The molecule has 4 heteroatoms. The summed E-state index contributed by atoms with van der Waals surface area (Å²) in [6.45, 7) is 0. The van der Waals surface area contributed by atoms with E-state index >= 15 is 0 Å². The molecule has 2 atom stereocenters. The van der Waals surface area contributed by atoms with Crippen molar-refractivity contribution in [3.05, 3.63) is 217 Å². The standard InChI is InChI=1S/C53H35N3O/c1-3-13-34(14-4-1)39-20-11-21-40(31-39)41-29-30-46-48(33-41)57-50-45-23-10-8-18-42(45)32-47(49(46)50)53-55-51(37-16-5-2-6-17-37)54-52(56-53)38-27-25-36(26-28-38)44-24-12-19-35-15-7-9-22-43(35)44/h1-33,49-50H. The van der Waals surface area contributed by atoms with E-state index in [1.807, 2.05) is 18.2 Å². The molecule has 0 amide bonds. The first kappa shape index (κ1) is 33.0. The van der Waals surface area contributed by atoms with Gasteiger partial charge in [0.2, 0.25) is 0 Å². The van der Waals surface area contributed by atoms with Crippen LogP contribution in [0.2, 0.25) is 0 Å². The van der Waals surface area contributed by atoms with Crippen molar-refractivity contribution in [2.45, 2.75) is 12.0 Å². The fourth-order valence-corrected chi connectivity index (χ4v) is 8.51. The van der Waals surface area contributed by atoms with E-state index in [0.29, 0.717) is 17.5 Å². The molecule has 8 aromatic carbocycles. The Balaban J connectivity index is 1.02. The number of nitrogens with zero attached hydrogens (tertiary/aromatic N) is 3. The maximum atomic E-state index is 6.97. The highest BCUT2D eigenvalue weighted by Gasteiger charge is 2.43. The lowest BCUT2D eigenvalue weighted by atomic mass is 9.78. The topological polar surface area (TPSA) is 47.9 Å². The molecular weight excluding hydrogens is 695 g/mol. The Morgan fingerprint density at radius 3 is 1.75 bits per heavy atom. The van der Waals surface area contributed by atoms with Gasteiger partial charge in [0.25, 0.3) is 0 Å². The van der Waals surface area contributed by atoms with Gasteiger partial charge in [-0.2, -0.15) is 0 Å². The van der Waals surface area contributed by atoms with Gasteiger partial charge in [0.1, 0.15) is 11.9 Å². The first-order valence-electron chi connectivity index (χ1n) is 19.4. The quantitative estimate of drug-likeness (QED) is 0.171. The van der Waals surface area contributed by atoms with Crippen molar-refractivity contribution in [1.82, 2.24) is 15.0 Å². The van der Waals surface area contributed by atoms with Gasteiger partial charge in [-0.15, -0.1) is 0 Å². The van der Waals surface area contributed by atoms with Crippen LogP contribution in [0.1, 0.15) is 34.5 Å². The second kappa shape index (κ2) is 13.7. The molecule has 57 heavy (non-hydrogen) atoms. The Kier molecular flexibility index (Phi) is 7.92. The second-order valence-electron chi connectivity index (χ2n) is 14.7. The summed E-state index contributed by atoms with van der Waals surface area (Å²) in [6.07, 6.45) is 2.03. The van der Waals surface area contributed by atoms with Crippen molar-refractivity contribution >= 4 is 22.4 Å². The summed E-state index contributed by atoms with van der Waals surface area (Å²) in [6, 6.07) is 68.2. The monoisotopic (exact) mass is 729 g/mol. The van der Waals surface area contributed by atoms with Crippen LogP contribution >= 0.6 is 0 Å². The highest BCUT2D eigenvalue weighted by atomic mass is 16.5. The molecule has 0 radical (unpaired) electrons. The van der Waals surface area contributed by atoms with Gasteiger partial charge in [-0.3, -0.25) is 0 Å². The number of aromatic nitrogens is 3. The Hall–Kier alpha value is -7.43. The van der Waals surface area contributed by atoms with Crippen LogP contribution in [-0.4, -0.2) is 15.0 Å². The van der Waals surface area contributed by atoms with E-state index in [4.69, 9.17) is 19.7 Å². The molecule has 0 N–H and O–H groups in total. The first-order valence-corrected chi connectivity index (χ1v) is 19.4. The van der Waals surface area contributed by atoms with Crippen LogP contribution in [0.3, 0.4) is 0 Å². The Morgan fingerprint density at radius 2 is 0.947 bits per heavy atom. The SMILES string of the molecule is C1=C(c2nc(-c3ccccc3)nc(-c3ccc(-c4cccc5ccccc45)cc3)n2)C2c3ccc(-c4cccc(-c5ccccc5)c4)cc3OC2c2ccccc21. The number of ether oxygens (including phenoxy) is 1. The molecule has 4 nitrogen and oxygen atoms in total. The lowest BCUT2D eigenvalue weighted by Crippen LogP contribution is -2.18. The van der Waals surface area contributed by atoms with Gasteiger partial charge in [0.15, 0.2) is 17.5 Å². The van der Waals surface area contributed by atoms with Crippen LogP contribution in [-0.2, 0) is 0 Å². The lowest BCUT2D eigenvalue weighted by Gasteiger charge is -2.28. The van der Waals surface area contributed by atoms with Crippen molar-refractivity contribution in [3.63, 3.8) is 0 Å². The largest absolute Gasteiger partial charge is 0.484 e. The summed E-state index contributed by atoms with van der Waals surface area (Å²) < 4.78 is 6.97. The maximum Gasteiger partial charge on any atom is 0.164 e. The minimum absolute atomic E-state index is 0.104. The van der Waals surface area contributed by atoms with Gasteiger partial charge in [0.05, 0.1) is 5.92 Å². The van der Waals surface area contributed by atoms with Crippen LogP contribution in [0.4, 0.5) is 0 Å². The van der Waals surface area contributed by atoms with Gasteiger partial charge in [-0.1, -0.05) is 182 Å². The van der Waals surface area contributed by atoms with E-state index < -0.39 is 0 Å². The minimum Gasteiger partial charge on any atom is -0.484 e. The van der Waals surface area contributed by atoms with Gasteiger partial charge >= 0.3 is 0 Å². The molecule has 1 aliphatic carbocycles. The lowest BCUT2D eigenvalue weighted by molar-refractivity contribution is 0.226. The second-order valence-corrected chi connectivity index (χ2v) is 14.7. The molecule has 9 aromatic rings. The Bertz CT molecular complexity index is 2990. The van der Waals surface area contributed by atoms with Crippen molar-refractivity contribution in [3.8, 4) is 61.9 Å². The van der Waals surface area contributed by atoms with Gasteiger partial charge in [0, 0.05) is 27.8 Å². The predicted octanol–water partition coefficient (Wildman–Crippen LogP) is 13.1. The Labute approximate surface area is 331 Å². The number of rotatable bonds is 6. The summed E-state index contributed by atoms with van der Waals surface area (Å²) in [5.74, 6) is 2.70.